The Morgan fingerprint density at radius 3 is 2.86 bits per heavy atom. The first-order chi connectivity index (χ1) is 10.0. The highest BCUT2D eigenvalue weighted by Crippen LogP contribution is 2.25. The molecule has 0 unspecified atom stereocenters. The molecular weight excluding hydrogens is 308 g/mol. The van der Waals surface area contributed by atoms with E-state index in [1.807, 2.05) is 10.8 Å². The van der Waals surface area contributed by atoms with Gasteiger partial charge in [-0.25, -0.2) is 18.1 Å². The second kappa shape index (κ2) is 7.17. The maximum absolute atomic E-state index is 12.2. The Morgan fingerprint density at radius 2 is 2.24 bits per heavy atom. The Kier molecular flexibility index (Phi) is 5.51. The van der Waals surface area contributed by atoms with Crippen LogP contribution in [0.4, 0.5) is 0 Å². The number of hydrogen-bond acceptors (Lipinski definition) is 5. The third-order valence-corrected chi connectivity index (χ3v) is 5.90. The van der Waals surface area contributed by atoms with Gasteiger partial charge in [-0.15, -0.1) is 11.3 Å². The van der Waals surface area contributed by atoms with E-state index >= 15 is 0 Å². The maximum atomic E-state index is 12.2. The molecule has 8 heteroatoms. The van der Waals surface area contributed by atoms with Gasteiger partial charge in [-0.2, -0.15) is 0 Å². The summed E-state index contributed by atoms with van der Waals surface area (Å²) in [5.41, 5.74) is 5.55. The van der Waals surface area contributed by atoms with Gasteiger partial charge in [0.1, 0.15) is 0 Å². The van der Waals surface area contributed by atoms with Gasteiger partial charge in [-0.3, -0.25) is 0 Å². The van der Waals surface area contributed by atoms with E-state index < -0.39 is 10.0 Å². The molecule has 0 saturated carbocycles. The van der Waals surface area contributed by atoms with Crippen LogP contribution in [0.25, 0.3) is 0 Å². The Hall–Kier alpha value is -1.22. The van der Waals surface area contributed by atoms with E-state index in [1.165, 1.54) is 11.3 Å². The lowest BCUT2D eigenvalue weighted by atomic mass is 10.3. The predicted molar refractivity (Wildman–Crippen MR) is 83.6 cm³/mol. The molecule has 0 aliphatic carbocycles. The van der Waals surface area contributed by atoms with E-state index in [0.29, 0.717) is 18.0 Å². The fourth-order valence-electron chi connectivity index (χ4n) is 2.01. The first-order valence-corrected chi connectivity index (χ1v) is 9.07. The molecule has 0 atom stereocenters. The molecule has 0 radical (unpaired) electrons. The van der Waals surface area contributed by atoms with E-state index in [4.69, 9.17) is 5.73 Å². The molecule has 3 N–H and O–H groups in total. The molecule has 0 amide bonds. The van der Waals surface area contributed by atoms with E-state index in [1.54, 1.807) is 25.5 Å². The largest absolute Gasteiger partial charge is 0.337 e. The summed E-state index contributed by atoms with van der Waals surface area (Å²) in [4.78, 5) is 5.97. The van der Waals surface area contributed by atoms with Crippen molar-refractivity contribution in [1.29, 1.82) is 0 Å². The third kappa shape index (κ3) is 4.37. The van der Waals surface area contributed by atoms with Crippen LogP contribution in [0.2, 0.25) is 0 Å². The van der Waals surface area contributed by atoms with Gasteiger partial charge >= 0.3 is 0 Å². The molecule has 2 aromatic heterocycles. The lowest BCUT2D eigenvalue weighted by Gasteiger charge is -2.06. The minimum Gasteiger partial charge on any atom is -0.337 e. The summed E-state index contributed by atoms with van der Waals surface area (Å²) in [7, 11) is -3.43. The van der Waals surface area contributed by atoms with Crippen LogP contribution in [0.1, 0.15) is 22.6 Å². The molecule has 0 bridgehead atoms. The molecule has 2 heterocycles. The van der Waals surface area contributed by atoms with Gasteiger partial charge in [0.25, 0.3) is 0 Å². The molecular formula is C13H20N4O2S2. The smallest absolute Gasteiger partial charge is 0.241 e. The van der Waals surface area contributed by atoms with Crippen LogP contribution in [0.15, 0.2) is 29.7 Å². The number of unbranched alkanes of at least 4 members (excludes halogenated alkanes) is 1. The maximum Gasteiger partial charge on any atom is 0.241 e. The van der Waals surface area contributed by atoms with E-state index in [2.05, 4.69) is 9.71 Å². The van der Waals surface area contributed by atoms with Crippen LogP contribution in [-0.4, -0.2) is 24.5 Å². The van der Waals surface area contributed by atoms with Crippen molar-refractivity contribution in [2.24, 2.45) is 5.73 Å². The number of sulfonamides is 1. The highest BCUT2D eigenvalue weighted by molar-refractivity contribution is 7.89. The van der Waals surface area contributed by atoms with Crippen LogP contribution in [0.5, 0.6) is 0 Å². The van der Waals surface area contributed by atoms with Crippen molar-refractivity contribution >= 4 is 21.4 Å². The normalized spacial score (nSPS) is 11.9. The van der Waals surface area contributed by atoms with Crippen molar-refractivity contribution in [3.8, 4) is 0 Å². The molecule has 0 fully saturated rings. The van der Waals surface area contributed by atoms with E-state index in [0.717, 1.165) is 29.1 Å². The van der Waals surface area contributed by atoms with Gasteiger partial charge in [0, 0.05) is 41.8 Å². The van der Waals surface area contributed by atoms with Gasteiger partial charge < -0.3 is 10.3 Å². The number of rotatable bonds is 8. The van der Waals surface area contributed by atoms with Crippen molar-refractivity contribution in [2.75, 3.05) is 6.54 Å². The third-order valence-electron chi connectivity index (χ3n) is 3.11. The number of hydrogen-bond donors (Lipinski definition) is 2. The molecule has 0 aromatic carbocycles. The fourth-order valence-corrected chi connectivity index (χ4v) is 4.60. The topological polar surface area (TPSA) is 90.0 Å². The minimum atomic E-state index is -3.43. The average Bonchev–Trinajstić information content (AvgIpc) is 3.07. The average molecular weight is 328 g/mol. The van der Waals surface area contributed by atoms with Crippen molar-refractivity contribution in [3.05, 3.63) is 34.5 Å². The highest BCUT2D eigenvalue weighted by atomic mass is 32.2. The lowest BCUT2D eigenvalue weighted by Crippen LogP contribution is -2.25. The van der Waals surface area contributed by atoms with Gasteiger partial charge in [0.2, 0.25) is 10.0 Å². The van der Waals surface area contributed by atoms with Gasteiger partial charge in [-0.05, 0) is 25.8 Å². The van der Waals surface area contributed by atoms with Crippen molar-refractivity contribution in [3.63, 3.8) is 0 Å². The quantitative estimate of drug-likeness (QED) is 0.718. The Labute approximate surface area is 129 Å². The monoisotopic (exact) mass is 328 g/mol. The number of nitrogens with one attached hydrogen (secondary N) is 1. The van der Waals surface area contributed by atoms with Crippen LogP contribution in [-0.2, 0) is 23.1 Å². The molecule has 21 heavy (non-hydrogen) atoms. The van der Waals surface area contributed by atoms with Crippen LogP contribution < -0.4 is 10.5 Å². The standard InChI is InChI=1S/C13H20N4O2S2/c1-11-13(8-12(9-14)20-11)21(18,19)16-4-2-3-6-17-7-5-15-10-17/h5,7-8,10,16H,2-4,6,9,14H2,1H3. The highest BCUT2D eigenvalue weighted by Gasteiger charge is 2.18. The zero-order valence-electron chi connectivity index (χ0n) is 11.9. The molecule has 0 spiro atoms. The zero-order chi connectivity index (χ0) is 15.3. The first-order valence-electron chi connectivity index (χ1n) is 6.77. The molecule has 2 aromatic rings. The Morgan fingerprint density at radius 1 is 1.43 bits per heavy atom. The summed E-state index contributed by atoms with van der Waals surface area (Å²) in [5, 5.41) is 0. The van der Waals surface area contributed by atoms with Crippen LogP contribution in [0.3, 0.4) is 0 Å². The number of aromatic nitrogens is 2. The minimum absolute atomic E-state index is 0.350. The summed E-state index contributed by atoms with van der Waals surface area (Å²) in [6, 6.07) is 1.66. The van der Waals surface area contributed by atoms with Crippen molar-refractivity contribution in [2.45, 2.75) is 37.8 Å². The Bertz CT molecular complexity index is 662. The summed E-state index contributed by atoms with van der Waals surface area (Å²) in [6.45, 7) is 3.45. The van der Waals surface area contributed by atoms with E-state index in [9.17, 15) is 8.42 Å². The number of imidazole rings is 1. The number of aryl methyl sites for hydroxylation is 2. The summed E-state index contributed by atoms with van der Waals surface area (Å²) in [6.07, 6.45) is 7.07. The second-order valence-electron chi connectivity index (χ2n) is 4.74. The fraction of sp³-hybridized carbons (Fsp3) is 0.462. The van der Waals surface area contributed by atoms with Crippen LogP contribution in [0, 0.1) is 6.92 Å². The lowest BCUT2D eigenvalue weighted by molar-refractivity contribution is 0.566. The number of nitrogens with two attached hydrogens (primary N) is 1. The van der Waals surface area contributed by atoms with Crippen LogP contribution >= 0.6 is 11.3 Å². The van der Waals surface area contributed by atoms with Gasteiger partial charge in [0.15, 0.2) is 0 Å². The second-order valence-corrected chi connectivity index (χ2v) is 7.82. The van der Waals surface area contributed by atoms with Crippen molar-refractivity contribution in [1.82, 2.24) is 14.3 Å². The predicted octanol–water partition coefficient (Wildman–Crippen LogP) is 1.47. The molecule has 116 valence electrons. The van der Waals surface area contributed by atoms with Gasteiger partial charge in [-0.1, -0.05) is 0 Å². The molecule has 6 nitrogen and oxygen atoms in total. The van der Waals surface area contributed by atoms with Gasteiger partial charge in [0.05, 0.1) is 11.2 Å². The summed E-state index contributed by atoms with van der Waals surface area (Å²) >= 11 is 1.43. The molecule has 0 aliphatic rings. The number of nitrogens with zero attached hydrogens (tertiary/aromatic N) is 2. The summed E-state index contributed by atoms with van der Waals surface area (Å²) < 4.78 is 29.1. The van der Waals surface area contributed by atoms with Crippen molar-refractivity contribution < 1.29 is 8.42 Å². The first kappa shape index (κ1) is 16.2. The molecule has 0 aliphatic heterocycles. The van der Waals surface area contributed by atoms with E-state index in [-0.39, 0.29) is 0 Å². The summed E-state index contributed by atoms with van der Waals surface area (Å²) in [5.74, 6) is 0. The number of thiophene rings is 1. The SMILES string of the molecule is Cc1sc(CN)cc1S(=O)(=O)NCCCCn1ccnc1. The Balaban J connectivity index is 1.82. The molecule has 0 saturated heterocycles. The zero-order valence-corrected chi connectivity index (χ0v) is 13.6. The molecule has 2 rings (SSSR count).